The van der Waals surface area contributed by atoms with E-state index in [9.17, 15) is 4.79 Å². The molecule has 2 aromatic rings. The van der Waals surface area contributed by atoms with Gasteiger partial charge in [-0.25, -0.2) is 0 Å². The molecule has 0 saturated heterocycles. The van der Waals surface area contributed by atoms with Crippen LogP contribution in [0.25, 0.3) is 0 Å². The van der Waals surface area contributed by atoms with Crippen molar-refractivity contribution in [1.29, 1.82) is 0 Å². The van der Waals surface area contributed by atoms with Crippen LogP contribution in [0.4, 0.5) is 0 Å². The highest BCUT2D eigenvalue weighted by atomic mass is 16.5. The third-order valence-electron chi connectivity index (χ3n) is 3.58. The van der Waals surface area contributed by atoms with Crippen molar-refractivity contribution < 1.29 is 13.9 Å². The molecule has 0 aliphatic heterocycles. The van der Waals surface area contributed by atoms with Gasteiger partial charge in [-0.3, -0.25) is 9.78 Å². The maximum absolute atomic E-state index is 12.4. The van der Waals surface area contributed by atoms with Crippen molar-refractivity contribution in [2.75, 3.05) is 28.3 Å². The van der Waals surface area contributed by atoms with Crippen molar-refractivity contribution in [3.8, 4) is 5.75 Å². The molecule has 0 fully saturated rings. The number of hydrogen-bond acceptors (Lipinski definition) is 7. The Kier molecular flexibility index (Phi) is 5.50. The zero-order chi connectivity index (χ0) is 17.9. The maximum atomic E-state index is 12.4. The van der Waals surface area contributed by atoms with Gasteiger partial charge in [-0.15, -0.1) is 10.2 Å². The number of rotatable bonds is 6. The standard InChI is InChI=1S/C16H23N5O3/c1-10-7-17-12(11(2)14(10)23-6)8-21(5)16(22)15-19-18-13(24-15)9-20(3)4/h7H,8-9H2,1-6H3. The molecule has 8 heteroatoms. The fraction of sp³-hybridized carbons (Fsp3) is 0.500. The number of pyridine rings is 1. The first-order chi connectivity index (χ1) is 11.3. The largest absolute Gasteiger partial charge is 0.496 e. The van der Waals surface area contributed by atoms with E-state index < -0.39 is 0 Å². The number of nitrogens with zero attached hydrogens (tertiary/aromatic N) is 5. The predicted octanol–water partition coefficient (Wildman–Crippen LogP) is 1.42. The quantitative estimate of drug-likeness (QED) is 0.790. The number of methoxy groups -OCH3 is 1. The highest BCUT2D eigenvalue weighted by Crippen LogP contribution is 2.24. The summed E-state index contributed by atoms with van der Waals surface area (Å²) in [7, 11) is 7.07. The molecule has 0 saturated carbocycles. The lowest BCUT2D eigenvalue weighted by Crippen LogP contribution is -2.27. The summed E-state index contributed by atoms with van der Waals surface area (Å²) in [6, 6.07) is 0. The first-order valence-corrected chi connectivity index (χ1v) is 7.55. The average Bonchev–Trinajstić information content (AvgIpc) is 2.97. The van der Waals surface area contributed by atoms with Gasteiger partial charge in [-0.1, -0.05) is 0 Å². The van der Waals surface area contributed by atoms with Crippen LogP contribution in [0.5, 0.6) is 5.75 Å². The molecule has 0 atom stereocenters. The van der Waals surface area contributed by atoms with Crippen molar-refractivity contribution >= 4 is 5.91 Å². The van der Waals surface area contributed by atoms with Crippen LogP contribution < -0.4 is 4.74 Å². The Morgan fingerprint density at radius 1 is 1.21 bits per heavy atom. The van der Waals surface area contributed by atoms with E-state index in [1.54, 1.807) is 20.4 Å². The minimum Gasteiger partial charge on any atom is -0.496 e. The molecule has 0 aliphatic carbocycles. The second-order valence-corrected chi connectivity index (χ2v) is 5.95. The molecular formula is C16H23N5O3. The van der Waals surface area contributed by atoms with Gasteiger partial charge < -0.3 is 19.0 Å². The second-order valence-electron chi connectivity index (χ2n) is 5.95. The number of aryl methyl sites for hydroxylation is 1. The Balaban J connectivity index is 2.13. The van der Waals surface area contributed by atoms with E-state index in [0.29, 0.717) is 19.0 Å². The van der Waals surface area contributed by atoms with Gasteiger partial charge in [0.2, 0.25) is 5.89 Å². The zero-order valence-electron chi connectivity index (χ0n) is 15.0. The van der Waals surface area contributed by atoms with Crippen LogP contribution in [0, 0.1) is 13.8 Å². The number of amides is 1. The first-order valence-electron chi connectivity index (χ1n) is 7.55. The summed E-state index contributed by atoms with van der Waals surface area (Å²) >= 11 is 0. The summed E-state index contributed by atoms with van der Waals surface area (Å²) in [5, 5.41) is 7.70. The van der Waals surface area contributed by atoms with Gasteiger partial charge in [0.15, 0.2) is 0 Å². The van der Waals surface area contributed by atoms with Crippen molar-refractivity contribution in [1.82, 2.24) is 25.0 Å². The molecule has 2 heterocycles. The van der Waals surface area contributed by atoms with E-state index >= 15 is 0 Å². The van der Waals surface area contributed by atoms with Gasteiger partial charge in [-0.05, 0) is 27.9 Å². The lowest BCUT2D eigenvalue weighted by atomic mass is 10.1. The number of carbonyl (C=O) groups is 1. The van der Waals surface area contributed by atoms with Crippen LogP contribution in [0.2, 0.25) is 0 Å². The summed E-state index contributed by atoms with van der Waals surface area (Å²) in [4.78, 5) is 20.2. The highest BCUT2D eigenvalue weighted by Gasteiger charge is 2.21. The van der Waals surface area contributed by atoms with E-state index in [2.05, 4.69) is 15.2 Å². The van der Waals surface area contributed by atoms with Crippen molar-refractivity contribution in [3.05, 3.63) is 34.8 Å². The van der Waals surface area contributed by atoms with E-state index in [-0.39, 0.29) is 11.8 Å². The second kappa shape index (κ2) is 7.39. The highest BCUT2D eigenvalue weighted by molar-refractivity contribution is 5.89. The van der Waals surface area contributed by atoms with E-state index in [0.717, 1.165) is 22.6 Å². The van der Waals surface area contributed by atoms with Gasteiger partial charge in [0.1, 0.15) is 5.75 Å². The zero-order valence-corrected chi connectivity index (χ0v) is 15.0. The Labute approximate surface area is 141 Å². The lowest BCUT2D eigenvalue weighted by Gasteiger charge is -2.18. The first kappa shape index (κ1) is 17.9. The van der Waals surface area contributed by atoms with Crippen LogP contribution in [0.1, 0.15) is 33.4 Å². The Hall–Kier alpha value is -2.48. The molecule has 130 valence electrons. The number of hydrogen-bond donors (Lipinski definition) is 0. The Morgan fingerprint density at radius 2 is 1.92 bits per heavy atom. The molecule has 1 amide bonds. The van der Waals surface area contributed by atoms with Gasteiger partial charge in [-0.2, -0.15) is 0 Å². The van der Waals surface area contributed by atoms with Crippen LogP contribution in [-0.4, -0.2) is 59.1 Å². The number of aromatic nitrogens is 3. The average molecular weight is 333 g/mol. The Morgan fingerprint density at radius 3 is 2.54 bits per heavy atom. The molecule has 0 radical (unpaired) electrons. The Bertz CT molecular complexity index is 726. The summed E-state index contributed by atoms with van der Waals surface area (Å²) < 4.78 is 10.8. The number of carbonyl (C=O) groups excluding carboxylic acids is 1. The maximum Gasteiger partial charge on any atom is 0.311 e. The van der Waals surface area contributed by atoms with Crippen molar-refractivity contribution in [2.24, 2.45) is 0 Å². The third-order valence-corrected chi connectivity index (χ3v) is 3.58. The predicted molar refractivity (Wildman–Crippen MR) is 87.7 cm³/mol. The van der Waals surface area contributed by atoms with Crippen molar-refractivity contribution in [2.45, 2.75) is 26.9 Å². The van der Waals surface area contributed by atoms with Gasteiger partial charge >= 0.3 is 11.8 Å². The van der Waals surface area contributed by atoms with Crippen LogP contribution >= 0.6 is 0 Å². The molecule has 0 N–H and O–H groups in total. The monoisotopic (exact) mass is 333 g/mol. The van der Waals surface area contributed by atoms with Gasteiger partial charge in [0.05, 0.1) is 25.9 Å². The van der Waals surface area contributed by atoms with Gasteiger partial charge in [0.25, 0.3) is 0 Å². The van der Waals surface area contributed by atoms with Crippen LogP contribution in [0.3, 0.4) is 0 Å². The molecule has 0 unspecified atom stereocenters. The van der Waals surface area contributed by atoms with E-state index in [1.165, 1.54) is 4.90 Å². The normalized spacial score (nSPS) is 11.0. The minimum atomic E-state index is -0.340. The number of ether oxygens (including phenoxy) is 1. The summed E-state index contributed by atoms with van der Waals surface area (Å²) in [5.41, 5.74) is 2.63. The van der Waals surface area contributed by atoms with E-state index in [4.69, 9.17) is 9.15 Å². The molecule has 24 heavy (non-hydrogen) atoms. The molecule has 0 bridgehead atoms. The molecule has 2 aromatic heterocycles. The SMILES string of the molecule is COc1c(C)cnc(CN(C)C(=O)c2nnc(CN(C)C)o2)c1C. The molecule has 8 nitrogen and oxygen atoms in total. The molecular weight excluding hydrogens is 310 g/mol. The summed E-state index contributed by atoms with van der Waals surface area (Å²) in [6.07, 6.45) is 1.74. The molecule has 0 aromatic carbocycles. The molecule has 2 rings (SSSR count). The third kappa shape index (κ3) is 3.88. The lowest BCUT2D eigenvalue weighted by molar-refractivity contribution is 0.0740. The molecule has 0 spiro atoms. The van der Waals surface area contributed by atoms with Crippen molar-refractivity contribution in [3.63, 3.8) is 0 Å². The molecule has 0 aliphatic rings. The minimum absolute atomic E-state index is 0.0221. The van der Waals surface area contributed by atoms with Crippen LogP contribution in [-0.2, 0) is 13.1 Å². The van der Waals surface area contributed by atoms with E-state index in [1.807, 2.05) is 32.8 Å². The van der Waals surface area contributed by atoms with Gasteiger partial charge in [0, 0.05) is 24.4 Å². The summed E-state index contributed by atoms with van der Waals surface area (Å²) in [6.45, 7) is 4.67. The summed E-state index contributed by atoms with van der Waals surface area (Å²) in [5.74, 6) is 0.828. The fourth-order valence-corrected chi connectivity index (χ4v) is 2.36. The smallest absolute Gasteiger partial charge is 0.311 e. The van der Waals surface area contributed by atoms with Crippen LogP contribution in [0.15, 0.2) is 10.6 Å². The topological polar surface area (TPSA) is 84.6 Å². The fourth-order valence-electron chi connectivity index (χ4n) is 2.36.